The van der Waals surface area contributed by atoms with Crippen LogP contribution in [0, 0.1) is 0 Å². The fraction of sp³-hybridized carbons (Fsp3) is 0.667. The number of primary amides is 1. The molecule has 1 aromatic heterocycles. The topological polar surface area (TPSA) is 96.7 Å². The molecule has 2 rings (SSSR count). The first-order valence-corrected chi connectivity index (χ1v) is 6.28. The molecule has 1 amide bonds. The van der Waals surface area contributed by atoms with Crippen LogP contribution in [0.4, 0.5) is 0 Å². The van der Waals surface area contributed by atoms with Gasteiger partial charge in [0.2, 0.25) is 5.91 Å². The number of aromatic amines is 1. The average Bonchev–Trinajstić information content (AvgIpc) is 2.91. The van der Waals surface area contributed by atoms with E-state index in [2.05, 4.69) is 20.5 Å². The van der Waals surface area contributed by atoms with Crippen molar-refractivity contribution in [2.24, 2.45) is 5.73 Å². The Balaban J connectivity index is 1.70. The number of aromatic nitrogens is 3. The number of amides is 1. The molecule has 1 aliphatic rings. The molecule has 0 spiro atoms. The van der Waals surface area contributed by atoms with Gasteiger partial charge in [-0.15, -0.1) is 0 Å². The van der Waals surface area contributed by atoms with Gasteiger partial charge in [0.05, 0.1) is 6.04 Å². The number of nitrogens with two attached hydrogens (primary N) is 1. The molecule has 1 heterocycles. The Bertz CT molecular complexity index is 338. The highest BCUT2D eigenvalue weighted by Crippen LogP contribution is 2.21. The van der Waals surface area contributed by atoms with Gasteiger partial charge in [0.15, 0.2) is 5.16 Å². The molecule has 0 radical (unpaired) electrons. The molecule has 1 aliphatic carbocycles. The lowest BCUT2D eigenvalue weighted by atomic mass is 10.2. The number of nitrogens with zero attached hydrogens (tertiary/aromatic N) is 2. The van der Waals surface area contributed by atoms with E-state index in [-0.39, 0.29) is 11.9 Å². The highest BCUT2D eigenvalue weighted by molar-refractivity contribution is 7.99. The fourth-order valence-corrected chi connectivity index (χ4v) is 2.17. The van der Waals surface area contributed by atoms with E-state index in [0.717, 1.165) is 30.2 Å². The zero-order chi connectivity index (χ0) is 11.4. The van der Waals surface area contributed by atoms with Crippen molar-refractivity contribution < 1.29 is 4.79 Å². The molecule has 0 aliphatic heterocycles. The number of H-pyrrole nitrogens is 1. The van der Waals surface area contributed by atoms with Crippen molar-refractivity contribution in [3.05, 3.63) is 6.33 Å². The summed E-state index contributed by atoms with van der Waals surface area (Å²) in [6, 6.07) is 0.274. The quantitative estimate of drug-likeness (QED) is 0.579. The summed E-state index contributed by atoms with van der Waals surface area (Å²) in [5.41, 5.74) is 5.33. The van der Waals surface area contributed by atoms with Gasteiger partial charge in [0.25, 0.3) is 0 Å². The summed E-state index contributed by atoms with van der Waals surface area (Å²) in [6.45, 7) is 0. The van der Waals surface area contributed by atoms with E-state index in [1.807, 2.05) is 0 Å². The Morgan fingerprint density at radius 2 is 2.56 bits per heavy atom. The maximum Gasteiger partial charge on any atom is 0.234 e. The highest BCUT2D eigenvalue weighted by atomic mass is 32.2. The predicted molar refractivity (Wildman–Crippen MR) is 60.9 cm³/mol. The molecule has 0 bridgehead atoms. The molecule has 88 valence electrons. The summed E-state index contributed by atoms with van der Waals surface area (Å²) in [6.07, 6.45) is 4.49. The van der Waals surface area contributed by atoms with Gasteiger partial charge in [-0.3, -0.25) is 9.89 Å². The standard InChI is InChI=1S/C9H15N5OS/c10-8(15)7(13-6-1-2-6)3-4-16-9-11-5-12-14-9/h5-7,13H,1-4H2,(H2,10,15)(H,11,12,14). The van der Waals surface area contributed by atoms with Crippen LogP contribution in [0.5, 0.6) is 0 Å². The van der Waals surface area contributed by atoms with E-state index >= 15 is 0 Å². The van der Waals surface area contributed by atoms with Crippen LogP contribution in [-0.4, -0.2) is 38.9 Å². The zero-order valence-electron chi connectivity index (χ0n) is 8.85. The monoisotopic (exact) mass is 241 g/mol. The Morgan fingerprint density at radius 1 is 1.75 bits per heavy atom. The van der Waals surface area contributed by atoms with Crippen LogP contribution in [0.3, 0.4) is 0 Å². The Labute approximate surface area is 97.8 Å². The molecule has 1 fully saturated rings. The largest absolute Gasteiger partial charge is 0.368 e. The third kappa shape index (κ3) is 3.49. The minimum Gasteiger partial charge on any atom is -0.368 e. The average molecular weight is 241 g/mol. The smallest absolute Gasteiger partial charge is 0.234 e. The Kier molecular flexibility index (Phi) is 3.79. The summed E-state index contributed by atoms with van der Waals surface area (Å²) in [5, 5.41) is 10.5. The van der Waals surface area contributed by atoms with Crippen molar-refractivity contribution in [3.63, 3.8) is 0 Å². The molecule has 6 nitrogen and oxygen atoms in total. The molecular weight excluding hydrogens is 226 g/mol. The third-order valence-corrected chi connectivity index (χ3v) is 3.31. The number of rotatable bonds is 7. The fourth-order valence-electron chi connectivity index (χ4n) is 1.38. The van der Waals surface area contributed by atoms with E-state index in [1.165, 1.54) is 6.33 Å². The van der Waals surface area contributed by atoms with Crippen molar-refractivity contribution in [2.75, 3.05) is 5.75 Å². The van der Waals surface area contributed by atoms with Crippen LogP contribution >= 0.6 is 11.8 Å². The molecule has 1 atom stereocenters. The van der Waals surface area contributed by atoms with Gasteiger partial charge in [-0.25, -0.2) is 4.98 Å². The summed E-state index contributed by atoms with van der Waals surface area (Å²) in [5.74, 6) is 0.521. The first kappa shape index (κ1) is 11.4. The van der Waals surface area contributed by atoms with Crippen molar-refractivity contribution in [3.8, 4) is 0 Å². The number of carbonyl (C=O) groups excluding carboxylic acids is 1. The zero-order valence-corrected chi connectivity index (χ0v) is 9.67. The van der Waals surface area contributed by atoms with Crippen molar-refractivity contribution >= 4 is 17.7 Å². The Hall–Kier alpha value is -1.08. The van der Waals surface area contributed by atoms with Crippen molar-refractivity contribution in [1.29, 1.82) is 0 Å². The summed E-state index contributed by atoms with van der Waals surface area (Å²) in [4.78, 5) is 15.2. The van der Waals surface area contributed by atoms with E-state index in [4.69, 9.17) is 5.73 Å². The Morgan fingerprint density at radius 3 is 3.12 bits per heavy atom. The molecule has 7 heteroatoms. The minimum absolute atomic E-state index is 0.220. The van der Waals surface area contributed by atoms with Gasteiger partial charge in [0, 0.05) is 11.8 Å². The van der Waals surface area contributed by atoms with Crippen molar-refractivity contribution in [2.45, 2.75) is 36.5 Å². The molecule has 4 N–H and O–H groups in total. The van der Waals surface area contributed by atoms with Gasteiger partial charge in [-0.05, 0) is 19.3 Å². The first-order chi connectivity index (χ1) is 7.75. The second-order valence-electron chi connectivity index (χ2n) is 3.82. The number of carbonyl (C=O) groups is 1. The van der Waals surface area contributed by atoms with Crippen LogP contribution < -0.4 is 11.1 Å². The SMILES string of the molecule is NC(=O)C(CCSc1ncn[nH]1)NC1CC1. The van der Waals surface area contributed by atoms with Crippen LogP contribution in [0.1, 0.15) is 19.3 Å². The van der Waals surface area contributed by atoms with Gasteiger partial charge in [-0.2, -0.15) is 5.10 Å². The van der Waals surface area contributed by atoms with Crippen LogP contribution in [0.2, 0.25) is 0 Å². The number of hydrogen-bond acceptors (Lipinski definition) is 5. The van der Waals surface area contributed by atoms with Crippen molar-refractivity contribution in [1.82, 2.24) is 20.5 Å². The number of thioether (sulfide) groups is 1. The molecular formula is C9H15N5OS. The number of hydrogen-bond donors (Lipinski definition) is 3. The summed E-state index contributed by atoms with van der Waals surface area (Å²) < 4.78 is 0. The van der Waals surface area contributed by atoms with E-state index in [1.54, 1.807) is 11.8 Å². The van der Waals surface area contributed by atoms with Crippen LogP contribution in [-0.2, 0) is 4.79 Å². The van der Waals surface area contributed by atoms with Gasteiger partial charge >= 0.3 is 0 Å². The van der Waals surface area contributed by atoms with Gasteiger partial charge < -0.3 is 11.1 Å². The lowest BCUT2D eigenvalue weighted by molar-refractivity contribution is -0.120. The number of nitrogens with one attached hydrogen (secondary N) is 2. The summed E-state index contributed by atoms with van der Waals surface area (Å²) in [7, 11) is 0. The predicted octanol–water partition coefficient (Wildman–Crippen LogP) is -0.107. The second kappa shape index (κ2) is 5.31. The molecule has 0 saturated heterocycles. The van der Waals surface area contributed by atoms with E-state index in [9.17, 15) is 4.79 Å². The van der Waals surface area contributed by atoms with Gasteiger partial charge in [-0.1, -0.05) is 11.8 Å². The maximum absolute atomic E-state index is 11.2. The third-order valence-electron chi connectivity index (χ3n) is 2.40. The molecule has 16 heavy (non-hydrogen) atoms. The van der Waals surface area contributed by atoms with Gasteiger partial charge in [0.1, 0.15) is 6.33 Å². The summed E-state index contributed by atoms with van der Waals surface area (Å²) >= 11 is 1.54. The second-order valence-corrected chi connectivity index (χ2v) is 4.91. The van der Waals surface area contributed by atoms with Crippen LogP contribution in [0.15, 0.2) is 11.5 Å². The maximum atomic E-state index is 11.2. The highest BCUT2D eigenvalue weighted by Gasteiger charge is 2.26. The van der Waals surface area contributed by atoms with E-state index in [0.29, 0.717) is 6.04 Å². The lowest BCUT2D eigenvalue weighted by Gasteiger charge is -2.13. The molecule has 1 unspecified atom stereocenters. The molecule has 1 saturated carbocycles. The molecule has 0 aromatic carbocycles. The molecule has 1 aromatic rings. The first-order valence-electron chi connectivity index (χ1n) is 5.29. The van der Waals surface area contributed by atoms with Crippen LogP contribution in [0.25, 0.3) is 0 Å². The normalized spacial score (nSPS) is 17.2. The van der Waals surface area contributed by atoms with E-state index < -0.39 is 0 Å². The minimum atomic E-state index is -0.273. The lowest BCUT2D eigenvalue weighted by Crippen LogP contribution is -2.42.